The van der Waals surface area contributed by atoms with Gasteiger partial charge in [-0.2, -0.15) is 0 Å². The van der Waals surface area contributed by atoms with Crippen molar-refractivity contribution in [3.8, 4) is 0 Å². The summed E-state index contributed by atoms with van der Waals surface area (Å²) in [6, 6.07) is 15.9. The summed E-state index contributed by atoms with van der Waals surface area (Å²) in [7, 11) is 0. The highest BCUT2D eigenvalue weighted by atomic mass is 79.9. The fraction of sp³-hybridized carbons (Fsp3) is 0.188. The van der Waals surface area contributed by atoms with E-state index in [2.05, 4.69) is 28.9 Å². The molecule has 0 radical (unpaired) electrons. The molecule has 1 amide bonds. The van der Waals surface area contributed by atoms with Crippen LogP contribution in [0.2, 0.25) is 0 Å². The molecule has 0 aromatic heterocycles. The van der Waals surface area contributed by atoms with Crippen LogP contribution in [-0.4, -0.2) is 11.9 Å². The molecule has 3 heteroatoms. The van der Waals surface area contributed by atoms with Crippen LogP contribution < -0.4 is 4.90 Å². The average Bonchev–Trinajstić information content (AvgIpc) is 2.74. The van der Waals surface area contributed by atoms with Crippen molar-refractivity contribution in [3.63, 3.8) is 0 Å². The van der Waals surface area contributed by atoms with Gasteiger partial charge in [0, 0.05) is 21.8 Å². The summed E-state index contributed by atoms with van der Waals surface area (Å²) >= 11 is 3.39. The lowest BCUT2D eigenvalue weighted by Gasteiger charge is -2.22. The zero-order valence-electron chi connectivity index (χ0n) is 10.6. The van der Waals surface area contributed by atoms with Crippen LogP contribution in [0.1, 0.15) is 22.8 Å². The van der Waals surface area contributed by atoms with Crippen molar-refractivity contribution >= 4 is 27.5 Å². The van der Waals surface area contributed by atoms with Crippen molar-refractivity contribution < 1.29 is 4.79 Å². The molecular formula is C16H14BrNO. The number of para-hydroxylation sites is 1. The number of amides is 1. The maximum atomic E-state index is 12.6. The highest BCUT2D eigenvalue weighted by Gasteiger charge is 2.30. The summed E-state index contributed by atoms with van der Waals surface area (Å²) in [5.74, 6) is 0.0740. The van der Waals surface area contributed by atoms with Gasteiger partial charge < -0.3 is 4.90 Å². The second kappa shape index (κ2) is 4.82. The van der Waals surface area contributed by atoms with Crippen molar-refractivity contribution in [2.45, 2.75) is 19.4 Å². The molecule has 0 fully saturated rings. The Labute approximate surface area is 121 Å². The number of carbonyl (C=O) groups excluding carboxylic acids is 1. The number of hydrogen-bond donors (Lipinski definition) is 0. The molecule has 1 aliphatic rings. The molecule has 0 saturated heterocycles. The summed E-state index contributed by atoms with van der Waals surface area (Å²) in [6.45, 7) is 2.09. The van der Waals surface area contributed by atoms with E-state index >= 15 is 0 Å². The van der Waals surface area contributed by atoms with Crippen molar-refractivity contribution in [2.75, 3.05) is 4.90 Å². The highest BCUT2D eigenvalue weighted by molar-refractivity contribution is 9.10. The minimum Gasteiger partial charge on any atom is -0.305 e. The maximum Gasteiger partial charge on any atom is 0.258 e. The van der Waals surface area contributed by atoms with E-state index in [4.69, 9.17) is 0 Å². The minimum absolute atomic E-state index is 0.0740. The number of carbonyl (C=O) groups is 1. The van der Waals surface area contributed by atoms with Crippen LogP contribution in [0.4, 0.5) is 5.69 Å². The molecule has 2 nitrogen and oxygen atoms in total. The first kappa shape index (κ1) is 12.4. The van der Waals surface area contributed by atoms with Crippen molar-refractivity contribution in [1.29, 1.82) is 0 Å². The number of halogens is 1. The molecule has 0 spiro atoms. The molecule has 0 saturated carbocycles. The molecule has 1 atom stereocenters. The number of benzene rings is 2. The van der Waals surface area contributed by atoms with Crippen molar-refractivity contribution in [2.24, 2.45) is 0 Å². The molecule has 19 heavy (non-hydrogen) atoms. The van der Waals surface area contributed by atoms with Crippen LogP contribution in [0.5, 0.6) is 0 Å². The van der Waals surface area contributed by atoms with E-state index < -0.39 is 0 Å². The molecule has 1 aliphatic heterocycles. The summed E-state index contributed by atoms with van der Waals surface area (Å²) in [4.78, 5) is 14.5. The Morgan fingerprint density at radius 2 is 1.84 bits per heavy atom. The van der Waals surface area contributed by atoms with Gasteiger partial charge in [-0.25, -0.2) is 0 Å². The minimum atomic E-state index is 0.0740. The molecule has 2 aromatic carbocycles. The fourth-order valence-corrected chi connectivity index (χ4v) is 2.87. The number of hydrogen-bond acceptors (Lipinski definition) is 1. The SMILES string of the molecule is C[C@H]1Cc2ccccc2N1C(=O)c1ccc(Br)cc1. The van der Waals surface area contributed by atoms with Gasteiger partial charge in [0.25, 0.3) is 5.91 Å². The number of anilines is 1. The van der Waals surface area contributed by atoms with E-state index in [1.807, 2.05) is 47.4 Å². The van der Waals surface area contributed by atoms with Gasteiger partial charge in [-0.1, -0.05) is 34.1 Å². The largest absolute Gasteiger partial charge is 0.305 e. The molecule has 3 rings (SSSR count). The van der Waals surface area contributed by atoms with E-state index in [-0.39, 0.29) is 11.9 Å². The molecular weight excluding hydrogens is 302 g/mol. The van der Waals surface area contributed by atoms with Crippen LogP contribution in [0.15, 0.2) is 53.0 Å². The summed E-state index contributed by atoms with van der Waals surface area (Å²) in [6.07, 6.45) is 0.929. The van der Waals surface area contributed by atoms with Gasteiger partial charge in [-0.3, -0.25) is 4.79 Å². The van der Waals surface area contributed by atoms with Gasteiger partial charge in [0.1, 0.15) is 0 Å². The van der Waals surface area contributed by atoms with Crippen molar-refractivity contribution in [3.05, 3.63) is 64.1 Å². The van der Waals surface area contributed by atoms with Gasteiger partial charge in [-0.05, 0) is 49.2 Å². The molecule has 0 bridgehead atoms. The molecule has 1 heterocycles. The second-order valence-corrected chi connectivity index (χ2v) is 5.78. The highest BCUT2D eigenvalue weighted by Crippen LogP contribution is 2.33. The van der Waals surface area contributed by atoms with Crippen LogP contribution >= 0.6 is 15.9 Å². The predicted molar refractivity (Wildman–Crippen MR) is 80.6 cm³/mol. The van der Waals surface area contributed by atoms with Crippen LogP contribution in [0.3, 0.4) is 0 Å². The first-order valence-corrected chi connectivity index (χ1v) is 7.13. The normalized spacial score (nSPS) is 17.4. The van der Waals surface area contributed by atoms with Crippen LogP contribution in [0.25, 0.3) is 0 Å². The van der Waals surface area contributed by atoms with E-state index in [0.29, 0.717) is 0 Å². The predicted octanol–water partition coefficient (Wildman–Crippen LogP) is 4.04. The summed E-state index contributed by atoms with van der Waals surface area (Å²) < 4.78 is 0.985. The number of fused-ring (bicyclic) bond motifs is 1. The lowest BCUT2D eigenvalue weighted by Crippen LogP contribution is -2.35. The molecule has 0 N–H and O–H groups in total. The Bertz CT molecular complexity index is 621. The second-order valence-electron chi connectivity index (χ2n) is 4.86. The van der Waals surface area contributed by atoms with Gasteiger partial charge >= 0.3 is 0 Å². The number of nitrogens with zero attached hydrogens (tertiary/aromatic N) is 1. The Kier molecular flexibility index (Phi) is 3.15. The molecule has 0 aliphatic carbocycles. The zero-order valence-corrected chi connectivity index (χ0v) is 12.2. The topological polar surface area (TPSA) is 20.3 Å². The standard InChI is InChI=1S/C16H14BrNO/c1-11-10-13-4-2-3-5-15(13)18(11)16(19)12-6-8-14(17)9-7-12/h2-9,11H,10H2,1H3/t11-/m0/s1. The monoisotopic (exact) mass is 315 g/mol. The van der Waals surface area contributed by atoms with E-state index in [0.717, 1.165) is 22.1 Å². The van der Waals surface area contributed by atoms with Gasteiger partial charge in [-0.15, -0.1) is 0 Å². The lowest BCUT2D eigenvalue weighted by molar-refractivity contribution is 0.0981. The first-order valence-electron chi connectivity index (χ1n) is 6.34. The van der Waals surface area contributed by atoms with Gasteiger partial charge in [0.15, 0.2) is 0 Å². The Balaban J connectivity index is 1.98. The Morgan fingerprint density at radius 3 is 2.58 bits per heavy atom. The van der Waals surface area contributed by atoms with Crippen LogP contribution in [0, 0.1) is 0 Å². The summed E-state index contributed by atoms with van der Waals surface area (Å²) in [5.41, 5.74) is 3.02. The zero-order chi connectivity index (χ0) is 13.4. The third kappa shape index (κ3) is 2.19. The fourth-order valence-electron chi connectivity index (χ4n) is 2.61. The summed E-state index contributed by atoms with van der Waals surface area (Å²) in [5, 5.41) is 0. The van der Waals surface area contributed by atoms with Crippen molar-refractivity contribution in [1.82, 2.24) is 0 Å². The average molecular weight is 316 g/mol. The van der Waals surface area contributed by atoms with Gasteiger partial charge in [0.2, 0.25) is 0 Å². The Morgan fingerprint density at radius 1 is 1.16 bits per heavy atom. The third-order valence-corrected chi connectivity index (χ3v) is 4.05. The molecule has 2 aromatic rings. The third-order valence-electron chi connectivity index (χ3n) is 3.52. The van der Waals surface area contributed by atoms with Crippen LogP contribution in [-0.2, 0) is 6.42 Å². The lowest BCUT2D eigenvalue weighted by atomic mass is 10.1. The maximum absolute atomic E-state index is 12.6. The van der Waals surface area contributed by atoms with E-state index in [1.165, 1.54) is 5.56 Å². The number of rotatable bonds is 1. The quantitative estimate of drug-likeness (QED) is 0.777. The Hall–Kier alpha value is -1.61. The van der Waals surface area contributed by atoms with E-state index in [1.54, 1.807) is 0 Å². The van der Waals surface area contributed by atoms with Gasteiger partial charge in [0.05, 0.1) is 0 Å². The smallest absolute Gasteiger partial charge is 0.258 e. The molecule has 0 unspecified atom stereocenters. The first-order chi connectivity index (χ1) is 9.16. The van der Waals surface area contributed by atoms with E-state index in [9.17, 15) is 4.79 Å². The molecule has 96 valence electrons.